The van der Waals surface area contributed by atoms with Crippen LogP contribution in [0.25, 0.3) is 0 Å². The first-order valence-electron chi connectivity index (χ1n) is 7.51. The number of aromatic nitrogens is 1. The van der Waals surface area contributed by atoms with E-state index in [4.69, 9.17) is 9.47 Å². The maximum absolute atomic E-state index is 12.0. The Bertz CT molecular complexity index is 535. The normalized spacial score (nSPS) is 16.5. The van der Waals surface area contributed by atoms with Gasteiger partial charge in [-0.05, 0) is 49.7 Å². The molecular weight excluding hydrogens is 348 g/mol. The van der Waals surface area contributed by atoms with Crippen molar-refractivity contribution in [3.8, 4) is 5.88 Å². The Morgan fingerprint density at radius 1 is 1.36 bits per heavy atom. The predicted octanol–water partition coefficient (Wildman–Crippen LogP) is 3.93. The van der Waals surface area contributed by atoms with Crippen LogP contribution in [0.1, 0.15) is 39.2 Å². The summed E-state index contributed by atoms with van der Waals surface area (Å²) in [5.74, 6) is 0.666. The molecule has 0 saturated carbocycles. The first kappa shape index (κ1) is 17.1. The van der Waals surface area contributed by atoms with Gasteiger partial charge in [0.2, 0.25) is 5.88 Å². The molecule has 122 valence electrons. The number of carbonyl (C=O) groups is 1. The molecule has 0 atom stereocenters. The second kappa shape index (κ2) is 6.86. The van der Waals surface area contributed by atoms with Gasteiger partial charge in [0.1, 0.15) is 11.7 Å². The van der Waals surface area contributed by atoms with Gasteiger partial charge >= 0.3 is 6.09 Å². The van der Waals surface area contributed by atoms with Crippen molar-refractivity contribution in [3.05, 3.63) is 22.3 Å². The van der Waals surface area contributed by atoms with Crippen molar-refractivity contribution in [3.63, 3.8) is 0 Å². The number of likely N-dealkylation sites (tertiary alicyclic amines) is 1. The van der Waals surface area contributed by atoms with Crippen molar-refractivity contribution in [2.45, 2.75) is 52.2 Å². The molecule has 1 aliphatic rings. The molecule has 22 heavy (non-hydrogen) atoms. The van der Waals surface area contributed by atoms with E-state index in [-0.39, 0.29) is 12.2 Å². The molecule has 1 amide bonds. The van der Waals surface area contributed by atoms with Crippen molar-refractivity contribution < 1.29 is 14.3 Å². The number of nitrogens with zero attached hydrogens (tertiary/aromatic N) is 2. The third-order valence-corrected chi connectivity index (χ3v) is 3.80. The van der Waals surface area contributed by atoms with E-state index in [2.05, 4.69) is 20.9 Å². The smallest absolute Gasteiger partial charge is 0.410 e. The fourth-order valence-electron chi connectivity index (χ4n) is 2.29. The molecule has 6 heteroatoms. The topological polar surface area (TPSA) is 51.7 Å². The summed E-state index contributed by atoms with van der Waals surface area (Å²) >= 11 is 3.39. The van der Waals surface area contributed by atoms with Gasteiger partial charge in [-0.3, -0.25) is 0 Å². The molecule has 5 nitrogen and oxygen atoms in total. The van der Waals surface area contributed by atoms with Crippen molar-refractivity contribution >= 4 is 22.0 Å². The average Bonchev–Trinajstić information content (AvgIpc) is 2.41. The number of aryl methyl sites for hydroxylation is 1. The highest BCUT2D eigenvalue weighted by Gasteiger charge is 2.28. The molecule has 1 aliphatic heterocycles. The lowest BCUT2D eigenvalue weighted by Crippen LogP contribution is -2.44. The van der Waals surface area contributed by atoms with Gasteiger partial charge in [0.25, 0.3) is 0 Å². The summed E-state index contributed by atoms with van der Waals surface area (Å²) in [7, 11) is 0. The lowest BCUT2D eigenvalue weighted by atomic mass is 10.1. The first-order chi connectivity index (χ1) is 10.2. The largest absolute Gasteiger partial charge is 0.474 e. The fourth-order valence-corrected chi connectivity index (χ4v) is 2.74. The number of pyridine rings is 1. The molecule has 1 saturated heterocycles. The molecule has 0 bridgehead atoms. The van der Waals surface area contributed by atoms with E-state index in [9.17, 15) is 4.79 Å². The standard InChI is InChI=1S/C16H23BrN2O3/c1-11-9-12(17)10-18-14(11)21-13-5-7-19(8-6-13)15(20)22-16(2,3)4/h9-10,13H,5-8H2,1-4H3. The van der Waals surface area contributed by atoms with Gasteiger partial charge in [0.05, 0.1) is 0 Å². The number of amides is 1. The Balaban J connectivity index is 1.86. The van der Waals surface area contributed by atoms with Crippen LogP contribution in [-0.2, 0) is 4.74 Å². The number of carbonyl (C=O) groups excluding carboxylic acids is 1. The average molecular weight is 371 g/mol. The number of ether oxygens (including phenoxy) is 2. The van der Waals surface area contributed by atoms with Crippen LogP contribution in [0.15, 0.2) is 16.7 Å². The Morgan fingerprint density at radius 3 is 2.55 bits per heavy atom. The molecular formula is C16H23BrN2O3. The second-order valence-electron chi connectivity index (χ2n) is 6.56. The molecule has 0 radical (unpaired) electrons. The minimum absolute atomic E-state index is 0.0889. The third-order valence-electron chi connectivity index (χ3n) is 3.37. The summed E-state index contributed by atoms with van der Waals surface area (Å²) in [6, 6.07) is 1.98. The molecule has 1 aromatic rings. The van der Waals surface area contributed by atoms with Crippen LogP contribution in [0.2, 0.25) is 0 Å². The molecule has 1 fully saturated rings. The van der Waals surface area contributed by atoms with Gasteiger partial charge in [0, 0.05) is 42.2 Å². The van der Waals surface area contributed by atoms with Gasteiger partial charge in [-0.15, -0.1) is 0 Å². The number of hydrogen-bond acceptors (Lipinski definition) is 4. The molecule has 2 heterocycles. The van der Waals surface area contributed by atoms with Gasteiger partial charge in [-0.25, -0.2) is 9.78 Å². The van der Waals surface area contributed by atoms with Crippen LogP contribution < -0.4 is 4.74 Å². The molecule has 0 aromatic carbocycles. The maximum Gasteiger partial charge on any atom is 0.410 e. The highest BCUT2D eigenvalue weighted by molar-refractivity contribution is 9.10. The van der Waals surface area contributed by atoms with Crippen molar-refractivity contribution in [1.29, 1.82) is 0 Å². The summed E-state index contributed by atoms with van der Waals surface area (Å²) in [4.78, 5) is 18.1. The number of piperidine rings is 1. The Morgan fingerprint density at radius 2 is 2.00 bits per heavy atom. The van der Waals surface area contributed by atoms with Gasteiger partial charge in [-0.2, -0.15) is 0 Å². The Kier molecular flexibility index (Phi) is 5.32. The zero-order valence-electron chi connectivity index (χ0n) is 13.6. The van der Waals surface area contributed by atoms with E-state index in [1.165, 1.54) is 0 Å². The summed E-state index contributed by atoms with van der Waals surface area (Å²) < 4.78 is 12.3. The molecule has 0 spiro atoms. The summed E-state index contributed by atoms with van der Waals surface area (Å²) in [5.41, 5.74) is 0.548. The molecule has 0 N–H and O–H groups in total. The van der Waals surface area contributed by atoms with E-state index < -0.39 is 5.60 Å². The fraction of sp³-hybridized carbons (Fsp3) is 0.625. The van der Waals surface area contributed by atoms with Gasteiger partial charge < -0.3 is 14.4 Å². The zero-order valence-corrected chi connectivity index (χ0v) is 15.1. The van der Waals surface area contributed by atoms with Crippen LogP contribution >= 0.6 is 15.9 Å². The maximum atomic E-state index is 12.0. The van der Waals surface area contributed by atoms with Crippen molar-refractivity contribution in [2.24, 2.45) is 0 Å². The van der Waals surface area contributed by atoms with Crippen LogP contribution in [-0.4, -0.2) is 40.8 Å². The molecule has 1 aromatic heterocycles. The van der Waals surface area contributed by atoms with E-state index in [1.54, 1.807) is 11.1 Å². The second-order valence-corrected chi connectivity index (χ2v) is 7.48. The lowest BCUT2D eigenvalue weighted by molar-refractivity contribution is 0.0122. The minimum Gasteiger partial charge on any atom is -0.474 e. The highest BCUT2D eigenvalue weighted by Crippen LogP contribution is 2.23. The van der Waals surface area contributed by atoms with Gasteiger partial charge in [0.15, 0.2) is 0 Å². The van der Waals surface area contributed by atoms with E-state index in [0.29, 0.717) is 19.0 Å². The molecule has 2 rings (SSSR count). The minimum atomic E-state index is -0.455. The Labute approximate surface area is 140 Å². The first-order valence-corrected chi connectivity index (χ1v) is 8.30. The SMILES string of the molecule is Cc1cc(Br)cnc1OC1CCN(C(=O)OC(C)(C)C)CC1. The van der Waals surface area contributed by atoms with E-state index in [0.717, 1.165) is 22.9 Å². The van der Waals surface area contributed by atoms with E-state index >= 15 is 0 Å². The van der Waals surface area contributed by atoms with Crippen molar-refractivity contribution in [1.82, 2.24) is 9.88 Å². The summed E-state index contributed by atoms with van der Waals surface area (Å²) in [5, 5.41) is 0. The highest BCUT2D eigenvalue weighted by atomic mass is 79.9. The van der Waals surface area contributed by atoms with Crippen LogP contribution in [0.5, 0.6) is 5.88 Å². The third kappa shape index (κ3) is 4.87. The van der Waals surface area contributed by atoms with Crippen molar-refractivity contribution in [2.75, 3.05) is 13.1 Å². The van der Waals surface area contributed by atoms with Crippen LogP contribution in [0.3, 0.4) is 0 Å². The molecule has 0 unspecified atom stereocenters. The summed E-state index contributed by atoms with van der Waals surface area (Å²) in [6.45, 7) is 8.90. The monoisotopic (exact) mass is 370 g/mol. The Hall–Kier alpha value is -1.30. The molecule has 0 aliphatic carbocycles. The quantitative estimate of drug-likeness (QED) is 0.791. The van der Waals surface area contributed by atoms with E-state index in [1.807, 2.05) is 33.8 Å². The van der Waals surface area contributed by atoms with Gasteiger partial charge in [-0.1, -0.05) is 0 Å². The van der Waals surface area contributed by atoms with Crippen LogP contribution in [0.4, 0.5) is 4.79 Å². The zero-order chi connectivity index (χ0) is 16.3. The number of hydrogen-bond donors (Lipinski definition) is 0. The predicted molar refractivity (Wildman–Crippen MR) is 88.1 cm³/mol. The summed E-state index contributed by atoms with van der Waals surface area (Å²) in [6.07, 6.45) is 3.15. The lowest BCUT2D eigenvalue weighted by Gasteiger charge is -2.33. The number of rotatable bonds is 2. The van der Waals surface area contributed by atoms with Crippen LogP contribution in [0, 0.1) is 6.92 Å². The number of halogens is 1.